The van der Waals surface area contributed by atoms with Crippen molar-refractivity contribution in [1.29, 1.82) is 0 Å². The molecule has 0 heterocycles. The summed E-state index contributed by atoms with van der Waals surface area (Å²) < 4.78 is 8.55. The minimum Gasteiger partial charge on any atom is -1.00 e. The number of hydrogen-bond donors (Lipinski definition) is 0. The van der Waals surface area contributed by atoms with Gasteiger partial charge in [0, 0.05) is 0 Å². The smallest absolute Gasteiger partial charge is 1.00 e. The first-order valence-corrected chi connectivity index (χ1v) is 2.19. The molecule has 0 aromatic heterocycles. The quantitative estimate of drug-likeness (QED) is 0.352. The van der Waals surface area contributed by atoms with Crippen LogP contribution in [0.25, 0.3) is 0 Å². The Labute approximate surface area is 106 Å². The fourth-order valence-corrected chi connectivity index (χ4v) is 0. The third-order valence-electron chi connectivity index (χ3n) is 0. The predicted octanol–water partition coefficient (Wildman–Crippen LogP) is -2.98. The molecule has 0 saturated carbocycles. The molecule has 0 aromatic rings. The minimum atomic E-state index is -5.39. The van der Waals surface area contributed by atoms with Crippen LogP contribution in [-0.2, 0) is 4.57 Å². The molecular weight excluding hydrogens is 292 g/mol. The van der Waals surface area contributed by atoms with Crippen LogP contribution in [0.5, 0.6) is 0 Å². The SMILES string of the molecule is O=P([O-])([O-])[O-].[Ca+2].[Gd+3].[H-].[H-]. The van der Waals surface area contributed by atoms with Crippen molar-refractivity contribution in [3.63, 3.8) is 0 Å². The molecule has 4 nitrogen and oxygen atoms in total. The first-order valence-electron chi connectivity index (χ1n) is 0.730. The summed E-state index contributed by atoms with van der Waals surface area (Å²) in [7, 11) is -5.39. The summed E-state index contributed by atoms with van der Waals surface area (Å²) in [6.45, 7) is 0. The Hall–Kier alpha value is 2.69. The Balaban J connectivity index is -0.0000000133. The zero-order chi connectivity index (χ0) is 4.50. The molecule has 1 radical (unpaired) electrons. The van der Waals surface area contributed by atoms with E-state index in [2.05, 4.69) is 0 Å². The van der Waals surface area contributed by atoms with Crippen molar-refractivity contribution in [2.45, 2.75) is 0 Å². The molecule has 0 aliphatic carbocycles. The Bertz CT molecular complexity index is 64.7. The van der Waals surface area contributed by atoms with Crippen LogP contribution in [0.1, 0.15) is 2.85 Å². The van der Waals surface area contributed by atoms with Crippen LogP contribution in [0.2, 0.25) is 0 Å². The fourth-order valence-electron chi connectivity index (χ4n) is 0. The van der Waals surface area contributed by atoms with Crippen molar-refractivity contribution in [3.8, 4) is 0 Å². The maximum atomic E-state index is 8.55. The maximum absolute atomic E-state index is 8.55. The van der Waals surface area contributed by atoms with Gasteiger partial charge in [0.1, 0.15) is 0 Å². The van der Waals surface area contributed by atoms with E-state index in [0.29, 0.717) is 0 Å². The van der Waals surface area contributed by atoms with Crippen molar-refractivity contribution < 1.29 is 62.0 Å². The van der Waals surface area contributed by atoms with E-state index in [-0.39, 0.29) is 80.5 Å². The normalized spacial score (nSPS) is 8.43. The monoisotopic (exact) mass is 295 g/mol. The molecule has 7 heteroatoms. The molecule has 0 fully saturated rings. The molecule has 0 spiro atoms. The molecule has 0 bridgehead atoms. The standard InChI is InChI=1S/Ca.Gd.H3O4P.2H/c;;1-5(2,3)4;;/h;;(H3,1,2,3,4);;/q+2;+3;;2*-1/p-3. The summed E-state index contributed by atoms with van der Waals surface area (Å²) in [4.78, 5) is 25.6. The van der Waals surface area contributed by atoms with Crippen molar-refractivity contribution in [1.82, 2.24) is 0 Å². The van der Waals surface area contributed by atoms with E-state index in [4.69, 9.17) is 19.2 Å². The van der Waals surface area contributed by atoms with E-state index < -0.39 is 7.82 Å². The van der Waals surface area contributed by atoms with Crippen LogP contribution in [0, 0.1) is 39.9 Å². The van der Waals surface area contributed by atoms with Crippen LogP contribution >= 0.6 is 7.82 Å². The Kier molecular flexibility index (Phi) is 15.9. The molecule has 0 atom stereocenters. The van der Waals surface area contributed by atoms with Crippen LogP contribution in [0.3, 0.4) is 0 Å². The van der Waals surface area contributed by atoms with Gasteiger partial charge < -0.3 is 22.1 Å². The molecule has 0 aliphatic rings. The van der Waals surface area contributed by atoms with Crippen LogP contribution in [0.4, 0.5) is 0 Å². The second-order valence-corrected chi connectivity index (χ2v) is 1.34. The molecular formula is H2CaGdO4P. The average molecular weight is 294 g/mol. The molecule has 0 aromatic carbocycles. The molecule has 0 N–H and O–H groups in total. The van der Waals surface area contributed by atoms with E-state index in [1.165, 1.54) is 0 Å². The molecule has 0 unspecified atom stereocenters. The van der Waals surface area contributed by atoms with Crippen LogP contribution in [-0.4, -0.2) is 37.7 Å². The largest absolute Gasteiger partial charge is 3.00 e. The maximum Gasteiger partial charge on any atom is 3.00 e. The van der Waals surface area contributed by atoms with Gasteiger partial charge >= 0.3 is 77.7 Å². The van der Waals surface area contributed by atoms with Crippen molar-refractivity contribution >= 4 is 45.6 Å². The van der Waals surface area contributed by atoms with E-state index >= 15 is 0 Å². The summed E-state index contributed by atoms with van der Waals surface area (Å²) in [5, 5.41) is 0. The van der Waals surface area contributed by atoms with Crippen molar-refractivity contribution in [2.24, 2.45) is 0 Å². The van der Waals surface area contributed by atoms with Gasteiger partial charge in [-0.1, -0.05) is 0 Å². The fraction of sp³-hybridized carbons (Fsp3) is 0. The predicted molar refractivity (Wildman–Crippen MR) is 15.6 cm³/mol. The molecule has 0 saturated heterocycles. The second kappa shape index (κ2) is 6.81. The summed E-state index contributed by atoms with van der Waals surface area (Å²) in [5.41, 5.74) is 0. The summed E-state index contributed by atoms with van der Waals surface area (Å²) in [6, 6.07) is 0. The molecule has 7 heavy (non-hydrogen) atoms. The zero-order valence-corrected chi connectivity index (χ0v) is 8.51. The third kappa shape index (κ3) is 53.7. The van der Waals surface area contributed by atoms with Gasteiger partial charge in [-0.15, -0.1) is 0 Å². The second-order valence-electron chi connectivity index (χ2n) is 0.447. The molecule has 0 amide bonds. The van der Waals surface area contributed by atoms with Gasteiger partial charge in [-0.05, 0) is 0 Å². The van der Waals surface area contributed by atoms with Crippen molar-refractivity contribution in [3.05, 3.63) is 0 Å². The number of phosphoric acid groups is 1. The van der Waals surface area contributed by atoms with Crippen LogP contribution in [0.15, 0.2) is 0 Å². The van der Waals surface area contributed by atoms with E-state index in [0.717, 1.165) is 0 Å². The van der Waals surface area contributed by atoms with Gasteiger partial charge in [0.05, 0.1) is 0 Å². The Morgan fingerprint density at radius 1 is 1.29 bits per heavy atom. The van der Waals surface area contributed by atoms with Crippen LogP contribution < -0.4 is 14.7 Å². The summed E-state index contributed by atoms with van der Waals surface area (Å²) >= 11 is 0. The van der Waals surface area contributed by atoms with Crippen molar-refractivity contribution in [2.75, 3.05) is 0 Å². The number of rotatable bonds is 0. The van der Waals surface area contributed by atoms with Gasteiger partial charge in [-0.2, -0.15) is 7.82 Å². The molecule has 0 rings (SSSR count). The van der Waals surface area contributed by atoms with Gasteiger partial charge in [0.2, 0.25) is 0 Å². The number of hydrogen-bond acceptors (Lipinski definition) is 4. The van der Waals surface area contributed by atoms with E-state index in [1.54, 1.807) is 0 Å². The summed E-state index contributed by atoms with van der Waals surface area (Å²) in [6.07, 6.45) is 0. The first-order chi connectivity index (χ1) is 2.00. The van der Waals surface area contributed by atoms with Gasteiger partial charge in [-0.25, -0.2) is 0 Å². The zero-order valence-electron chi connectivity index (χ0n) is 5.14. The molecule has 0 aliphatic heterocycles. The van der Waals surface area contributed by atoms with E-state index in [1.807, 2.05) is 0 Å². The minimum absolute atomic E-state index is 0. The topological polar surface area (TPSA) is 86.2 Å². The van der Waals surface area contributed by atoms with Gasteiger partial charge in [0.25, 0.3) is 0 Å². The van der Waals surface area contributed by atoms with E-state index in [9.17, 15) is 0 Å². The first kappa shape index (κ1) is 16.4. The average Bonchev–Trinajstić information content (AvgIpc) is 0.722. The van der Waals surface area contributed by atoms with Gasteiger partial charge in [0.15, 0.2) is 0 Å². The van der Waals surface area contributed by atoms with Gasteiger partial charge in [-0.3, -0.25) is 0 Å². The Morgan fingerprint density at radius 2 is 1.29 bits per heavy atom. The Morgan fingerprint density at radius 3 is 1.29 bits per heavy atom. The summed E-state index contributed by atoms with van der Waals surface area (Å²) in [5.74, 6) is 0. The molecule has 41 valence electrons. The third-order valence-corrected chi connectivity index (χ3v) is 0.